The number of carbonyl (C=O) groups excluding carboxylic acids is 2. The van der Waals surface area contributed by atoms with Crippen LogP contribution in [0.3, 0.4) is 0 Å². The van der Waals surface area contributed by atoms with E-state index >= 15 is 0 Å². The first-order valence-electron chi connectivity index (χ1n) is 9.04. The normalized spacial score (nSPS) is 12.2. The molecule has 0 aliphatic carbocycles. The highest BCUT2D eigenvalue weighted by atomic mass is 16.5. The first-order chi connectivity index (χ1) is 12.3. The number of esters is 1. The fraction of sp³-hybridized carbons (Fsp3) is 0.600. The van der Waals surface area contributed by atoms with Crippen LogP contribution < -0.4 is 4.74 Å². The molecule has 1 unspecified atom stereocenters. The number of amides is 1. The molecular formula is C20H32N2O4. The number of ether oxygens (including phenoxy) is 2. The number of rotatable bonds is 10. The second-order valence-corrected chi connectivity index (χ2v) is 6.75. The van der Waals surface area contributed by atoms with Crippen LogP contribution in [0.25, 0.3) is 0 Å². The number of hydrogen-bond acceptors (Lipinski definition) is 5. The van der Waals surface area contributed by atoms with Crippen molar-refractivity contribution < 1.29 is 19.1 Å². The number of likely N-dealkylation sites (N-methyl/N-ethyl adjacent to an activating group) is 1. The average Bonchev–Trinajstić information content (AvgIpc) is 2.61. The second kappa shape index (κ2) is 10.8. The molecule has 0 bridgehead atoms. The molecule has 146 valence electrons. The summed E-state index contributed by atoms with van der Waals surface area (Å²) in [6, 6.07) is 7.86. The van der Waals surface area contributed by atoms with Gasteiger partial charge in [0.15, 0.2) is 0 Å². The molecule has 1 aromatic carbocycles. The first kappa shape index (κ1) is 22.0. The van der Waals surface area contributed by atoms with E-state index in [9.17, 15) is 9.59 Å². The van der Waals surface area contributed by atoms with E-state index in [0.717, 1.165) is 11.3 Å². The van der Waals surface area contributed by atoms with Crippen molar-refractivity contribution in [1.82, 2.24) is 9.80 Å². The second-order valence-electron chi connectivity index (χ2n) is 6.75. The van der Waals surface area contributed by atoms with E-state index < -0.39 is 0 Å². The third kappa shape index (κ3) is 6.67. The largest absolute Gasteiger partial charge is 0.497 e. The topological polar surface area (TPSA) is 59.1 Å². The summed E-state index contributed by atoms with van der Waals surface area (Å²) in [6.45, 7) is 6.74. The molecule has 1 atom stereocenters. The maximum atomic E-state index is 12.6. The van der Waals surface area contributed by atoms with Crippen LogP contribution in [0.15, 0.2) is 24.3 Å². The Kier molecular flexibility index (Phi) is 9.13. The molecule has 26 heavy (non-hydrogen) atoms. The predicted octanol–water partition coefficient (Wildman–Crippen LogP) is 2.74. The minimum absolute atomic E-state index is 0.0193. The summed E-state index contributed by atoms with van der Waals surface area (Å²) < 4.78 is 10.2. The van der Waals surface area contributed by atoms with Gasteiger partial charge in [0.05, 0.1) is 26.2 Å². The zero-order chi connectivity index (χ0) is 19.7. The Bertz CT molecular complexity index is 570. The lowest BCUT2D eigenvalue weighted by molar-refractivity contribution is -0.144. The molecule has 6 nitrogen and oxygen atoms in total. The molecule has 0 radical (unpaired) electrons. The van der Waals surface area contributed by atoms with Gasteiger partial charge in [0.1, 0.15) is 5.75 Å². The van der Waals surface area contributed by atoms with E-state index in [4.69, 9.17) is 9.47 Å². The highest BCUT2D eigenvalue weighted by Crippen LogP contribution is 2.23. The molecule has 0 aromatic heterocycles. The number of nitrogens with zero attached hydrogens (tertiary/aromatic N) is 2. The maximum Gasteiger partial charge on any atom is 0.307 e. The standard InChI is InChI=1S/C20H32N2O4/c1-7-26-19(23)12-13-22(20(24)15(2)3)14-18(21(4)5)16-8-10-17(25-6)11-9-16/h8-11,15,18H,7,12-14H2,1-6H3. The number of hydrogen-bond donors (Lipinski definition) is 0. The summed E-state index contributed by atoms with van der Waals surface area (Å²) in [7, 11) is 5.60. The lowest BCUT2D eigenvalue weighted by Crippen LogP contribution is -2.41. The van der Waals surface area contributed by atoms with Crippen LogP contribution in [0.1, 0.15) is 38.8 Å². The van der Waals surface area contributed by atoms with Crippen LogP contribution in [0.2, 0.25) is 0 Å². The van der Waals surface area contributed by atoms with E-state index in [-0.39, 0.29) is 30.3 Å². The lowest BCUT2D eigenvalue weighted by atomic mass is 10.0. The van der Waals surface area contributed by atoms with E-state index in [1.807, 2.05) is 52.2 Å². The summed E-state index contributed by atoms with van der Waals surface area (Å²) in [5.74, 6) is 0.425. The molecule has 0 fully saturated rings. The van der Waals surface area contributed by atoms with Gasteiger partial charge in [-0.2, -0.15) is 0 Å². The first-order valence-corrected chi connectivity index (χ1v) is 9.04. The maximum absolute atomic E-state index is 12.6. The van der Waals surface area contributed by atoms with E-state index in [2.05, 4.69) is 4.90 Å². The van der Waals surface area contributed by atoms with Gasteiger partial charge in [-0.05, 0) is 38.7 Å². The molecule has 0 spiro atoms. The van der Waals surface area contributed by atoms with E-state index in [1.54, 1.807) is 18.9 Å². The van der Waals surface area contributed by atoms with Crippen LogP contribution in [0, 0.1) is 5.92 Å². The van der Waals surface area contributed by atoms with E-state index in [0.29, 0.717) is 19.7 Å². The zero-order valence-electron chi connectivity index (χ0n) is 16.8. The van der Waals surface area contributed by atoms with Crippen LogP contribution in [0.5, 0.6) is 5.75 Å². The Morgan fingerprint density at radius 3 is 2.19 bits per heavy atom. The number of methoxy groups -OCH3 is 1. The van der Waals surface area contributed by atoms with Crippen molar-refractivity contribution in [3.05, 3.63) is 29.8 Å². The average molecular weight is 364 g/mol. The van der Waals surface area contributed by atoms with Crippen LogP contribution in [-0.4, -0.2) is 62.6 Å². The molecule has 0 saturated carbocycles. The Labute approximate surface area is 157 Å². The molecule has 1 amide bonds. The van der Waals surface area contributed by atoms with Crippen molar-refractivity contribution in [2.75, 3.05) is 40.9 Å². The van der Waals surface area contributed by atoms with E-state index in [1.165, 1.54) is 0 Å². The smallest absolute Gasteiger partial charge is 0.307 e. The van der Waals surface area contributed by atoms with Crippen LogP contribution in [0.4, 0.5) is 0 Å². The third-order valence-electron chi connectivity index (χ3n) is 4.21. The summed E-state index contributed by atoms with van der Waals surface area (Å²) in [5.41, 5.74) is 1.09. The number of carbonyl (C=O) groups is 2. The highest BCUT2D eigenvalue weighted by molar-refractivity contribution is 5.79. The summed E-state index contributed by atoms with van der Waals surface area (Å²) in [5, 5.41) is 0. The minimum atomic E-state index is -0.278. The summed E-state index contributed by atoms with van der Waals surface area (Å²) >= 11 is 0. The van der Waals surface area contributed by atoms with Gasteiger partial charge in [0.25, 0.3) is 0 Å². The highest BCUT2D eigenvalue weighted by Gasteiger charge is 2.24. The van der Waals surface area contributed by atoms with Gasteiger partial charge >= 0.3 is 5.97 Å². The van der Waals surface area contributed by atoms with Gasteiger partial charge in [0, 0.05) is 19.0 Å². The van der Waals surface area contributed by atoms with Crippen molar-refractivity contribution in [3.8, 4) is 5.75 Å². The van der Waals surface area contributed by atoms with Crippen molar-refractivity contribution in [3.63, 3.8) is 0 Å². The SMILES string of the molecule is CCOC(=O)CCN(CC(c1ccc(OC)cc1)N(C)C)C(=O)C(C)C. The van der Waals surface area contributed by atoms with Gasteiger partial charge in [0.2, 0.25) is 5.91 Å². The van der Waals surface area contributed by atoms with Gasteiger partial charge in [-0.25, -0.2) is 0 Å². The van der Waals surface area contributed by atoms with Crippen LogP contribution in [-0.2, 0) is 14.3 Å². The molecule has 6 heteroatoms. The van der Waals surface area contributed by atoms with Gasteiger partial charge in [-0.3, -0.25) is 9.59 Å². The fourth-order valence-corrected chi connectivity index (χ4v) is 2.72. The van der Waals surface area contributed by atoms with Crippen molar-refractivity contribution in [1.29, 1.82) is 0 Å². The molecule has 0 saturated heterocycles. The minimum Gasteiger partial charge on any atom is -0.497 e. The van der Waals surface area contributed by atoms with Crippen molar-refractivity contribution in [2.24, 2.45) is 5.92 Å². The Balaban J connectivity index is 2.94. The lowest BCUT2D eigenvalue weighted by Gasteiger charge is -2.32. The predicted molar refractivity (Wildman–Crippen MR) is 102 cm³/mol. The number of benzene rings is 1. The van der Waals surface area contributed by atoms with Gasteiger partial charge < -0.3 is 19.3 Å². The molecule has 1 aromatic rings. The molecule has 0 N–H and O–H groups in total. The van der Waals surface area contributed by atoms with Crippen molar-refractivity contribution in [2.45, 2.75) is 33.2 Å². The monoisotopic (exact) mass is 364 g/mol. The van der Waals surface area contributed by atoms with Crippen molar-refractivity contribution >= 4 is 11.9 Å². The molecule has 0 heterocycles. The molecule has 0 aliphatic heterocycles. The Hall–Kier alpha value is -2.08. The summed E-state index contributed by atoms with van der Waals surface area (Å²) in [6.07, 6.45) is 0.203. The Morgan fingerprint density at radius 2 is 1.73 bits per heavy atom. The Morgan fingerprint density at radius 1 is 1.12 bits per heavy atom. The van der Waals surface area contributed by atoms with Crippen LogP contribution >= 0.6 is 0 Å². The molecule has 1 rings (SSSR count). The molecule has 0 aliphatic rings. The summed E-state index contributed by atoms with van der Waals surface area (Å²) in [4.78, 5) is 28.2. The van der Waals surface area contributed by atoms with Gasteiger partial charge in [-0.15, -0.1) is 0 Å². The fourth-order valence-electron chi connectivity index (χ4n) is 2.72. The quantitative estimate of drug-likeness (QED) is 0.598. The third-order valence-corrected chi connectivity index (χ3v) is 4.21. The van der Waals surface area contributed by atoms with Gasteiger partial charge in [-0.1, -0.05) is 26.0 Å². The molecular weight excluding hydrogens is 332 g/mol. The zero-order valence-corrected chi connectivity index (χ0v) is 16.8.